The van der Waals surface area contributed by atoms with Gasteiger partial charge in [-0.3, -0.25) is 0 Å². The number of benzene rings is 1. The average molecular weight is 230 g/mol. The lowest BCUT2D eigenvalue weighted by Gasteiger charge is -2.34. The molecule has 2 heterocycles. The number of rotatable bonds is 2. The second-order valence-corrected chi connectivity index (χ2v) is 5.32. The van der Waals surface area contributed by atoms with E-state index in [1.165, 1.54) is 50.9 Å². The van der Waals surface area contributed by atoms with Crippen LogP contribution < -0.4 is 5.32 Å². The Balaban J connectivity index is 1.71. The summed E-state index contributed by atoms with van der Waals surface area (Å²) < 4.78 is 0. The number of hydrogen-bond donors (Lipinski definition) is 1. The normalized spacial score (nSPS) is 25.5. The summed E-state index contributed by atoms with van der Waals surface area (Å²) in [5, 5.41) is 3.68. The van der Waals surface area contributed by atoms with Gasteiger partial charge in [-0.1, -0.05) is 30.7 Å². The maximum atomic E-state index is 3.68. The SMILES string of the molecule is c1ccc2c(c1)CCN[C@@H]2CN1CCCCC1. The van der Waals surface area contributed by atoms with Gasteiger partial charge in [0.1, 0.15) is 0 Å². The van der Waals surface area contributed by atoms with E-state index in [9.17, 15) is 0 Å². The van der Waals surface area contributed by atoms with E-state index in [0.717, 1.165) is 6.54 Å². The minimum Gasteiger partial charge on any atom is -0.309 e. The van der Waals surface area contributed by atoms with E-state index in [1.54, 1.807) is 5.56 Å². The molecule has 2 aliphatic rings. The van der Waals surface area contributed by atoms with Crippen molar-refractivity contribution in [3.05, 3.63) is 35.4 Å². The fraction of sp³-hybridized carbons (Fsp3) is 0.600. The van der Waals surface area contributed by atoms with Gasteiger partial charge < -0.3 is 10.2 Å². The molecule has 2 aliphatic heterocycles. The lowest BCUT2D eigenvalue weighted by atomic mass is 9.93. The predicted molar refractivity (Wildman–Crippen MR) is 71.2 cm³/mol. The highest BCUT2D eigenvalue weighted by Gasteiger charge is 2.22. The third-order valence-corrected chi connectivity index (χ3v) is 4.11. The van der Waals surface area contributed by atoms with Crippen molar-refractivity contribution in [2.75, 3.05) is 26.2 Å². The van der Waals surface area contributed by atoms with Gasteiger partial charge in [-0.2, -0.15) is 0 Å². The Hall–Kier alpha value is -0.860. The highest BCUT2D eigenvalue weighted by Crippen LogP contribution is 2.24. The quantitative estimate of drug-likeness (QED) is 0.839. The molecule has 0 aromatic heterocycles. The molecule has 1 saturated heterocycles. The molecule has 1 fully saturated rings. The van der Waals surface area contributed by atoms with E-state index < -0.39 is 0 Å². The summed E-state index contributed by atoms with van der Waals surface area (Å²) >= 11 is 0. The first-order chi connectivity index (χ1) is 8.43. The topological polar surface area (TPSA) is 15.3 Å². The van der Waals surface area contributed by atoms with Crippen LogP contribution in [0.3, 0.4) is 0 Å². The molecule has 0 amide bonds. The van der Waals surface area contributed by atoms with Gasteiger partial charge in [0, 0.05) is 12.6 Å². The Morgan fingerprint density at radius 1 is 1.12 bits per heavy atom. The smallest absolute Gasteiger partial charge is 0.0452 e. The number of likely N-dealkylation sites (tertiary alicyclic amines) is 1. The molecule has 0 radical (unpaired) electrons. The Bertz CT molecular complexity index is 369. The van der Waals surface area contributed by atoms with Crippen LogP contribution >= 0.6 is 0 Å². The van der Waals surface area contributed by atoms with Crippen molar-refractivity contribution in [3.63, 3.8) is 0 Å². The average Bonchev–Trinajstić information content (AvgIpc) is 2.40. The molecule has 92 valence electrons. The minimum absolute atomic E-state index is 0.554. The van der Waals surface area contributed by atoms with Crippen LogP contribution in [0.2, 0.25) is 0 Å². The highest BCUT2D eigenvalue weighted by atomic mass is 15.2. The van der Waals surface area contributed by atoms with Crippen LogP contribution in [0.15, 0.2) is 24.3 Å². The van der Waals surface area contributed by atoms with Gasteiger partial charge in [-0.15, -0.1) is 0 Å². The van der Waals surface area contributed by atoms with Gasteiger partial charge in [0.2, 0.25) is 0 Å². The highest BCUT2D eigenvalue weighted by molar-refractivity contribution is 5.32. The zero-order valence-electron chi connectivity index (χ0n) is 10.5. The van der Waals surface area contributed by atoms with E-state index in [2.05, 4.69) is 34.5 Å². The third-order valence-electron chi connectivity index (χ3n) is 4.11. The summed E-state index contributed by atoms with van der Waals surface area (Å²) in [5.41, 5.74) is 3.08. The van der Waals surface area contributed by atoms with Crippen LogP contribution in [0.5, 0.6) is 0 Å². The van der Waals surface area contributed by atoms with Gasteiger partial charge in [-0.05, 0) is 50.0 Å². The first-order valence-electron chi connectivity index (χ1n) is 6.97. The monoisotopic (exact) mass is 230 g/mol. The van der Waals surface area contributed by atoms with Crippen LogP contribution in [0.1, 0.15) is 36.4 Å². The molecule has 1 atom stereocenters. The van der Waals surface area contributed by atoms with Crippen molar-refractivity contribution in [2.24, 2.45) is 0 Å². The summed E-state index contributed by atoms with van der Waals surface area (Å²) in [6, 6.07) is 9.49. The van der Waals surface area contributed by atoms with Crippen LogP contribution in [0, 0.1) is 0 Å². The van der Waals surface area contributed by atoms with Gasteiger partial charge in [-0.25, -0.2) is 0 Å². The summed E-state index contributed by atoms with van der Waals surface area (Å²) in [7, 11) is 0. The minimum atomic E-state index is 0.554. The zero-order chi connectivity index (χ0) is 11.5. The molecule has 0 aliphatic carbocycles. The molecule has 1 aromatic carbocycles. The number of piperidine rings is 1. The van der Waals surface area contributed by atoms with Crippen molar-refractivity contribution >= 4 is 0 Å². The third kappa shape index (κ3) is 2.53. The van der Waals surface area contributed by atoms with Crippen molar-refractivity contribution in [2.45, 2.75) is 31.7 Å². The second-order valence-electron chi connectivity index (χ2n) is 5.32. The van der Waals surface area contributed by atoms with E-state index in [-0.39, 0.29) is 0 Å². The Kier molecular flexibility index (Phi) is 3.44. The summed E-state index contributed by atoms with van der Waals surface area (Å²) in [6.07, 6.45) is 5.38. The van der Waals surface area contributed by atoms with Crippen LogP contribution in [-0.4, -0.2) is 31.1 Å². The molecule has 2 nitrogen and oxygen atoms in total. The van der Waals surface area contributed by atoms with Gasteiger partial charge in [0.05, 0.1) is 0 Å². The molecule has 0 bridgehead atoms. The summed E-state index contributed by atoms with van der Waals surface area (Å²) in [6.45, 7) is 4.91. The number of nitrogens with zero attached hydrogens (tertiary/aromatic N) is 1. The Labute approximate surface area is 104 Å². The van der Waals surface area contributed by atoms with Crippen LogP contribution in [0.25, 0.3) is 0 Å². The maximum absolute atomic E-state index is 3.68. The largest absolute Gasteiger partial charge is 0.309 e. The first-order valence-corrected chi connectivity index (χ1v) is 6.97. The molecule has 3 rings (SSSR count). The predicted octanol–water partition coefficient (Wildman–Crippen LogP) is 2.36. The summed E-state index contributed by atoms with van der Waals surface area (Å²) in [4.78, 5) is 2.63. The van der Waals surface area contributed by atoms with Crippen molar-refractivity contribution in [1.82, 2.24) is 10.2 Å². The number of nitrogens with one attached hydrogen (secondary N) is 1. The standard InChI is InChI=1S/C15H22N2/c1-4-10-17(11-5-1)12-15-14-7-3-2-6-13(14)8-9-16-15/h2-3,6-7,15-16H,1,4-5,8-12H2/t15-/m1/s1. The lowest BCUT2D eigenvalue weighted by molar-refractivity contribution is 0.203. The molecule has 2 heteroatoms. The van der Waals surface area contributed by atoms with Crippen molar-refractivity contribution < 1.29 is 0 Å². The van der Waals surface area contributed by atoms with Gasteiger partial charge in [0.25, 0.3) is 0 Å². The first kappa shape index (κ1) is 11.2. The molecule has 0 saturated carbocycles. The number of hydrogen-bond acceptors (Lipinski definition) is 2. The van der Waals surface area contributed by atoms with Crippen molar-refractivity contribution in [3.8, 4) is 0 Å². The fourth-order valence-electron chi connectivity index (χ4n) is 3.16. The molecule has 0 unspecified atom stereocenters. The number of fused-ring (bicyclic) bond motifs is 1. The molecule has 1 N–H and O–H groups in total. The second kappa shape index (κ2) is 5.19. The fourth-order valence-corrected chi connectivity index (χ4v) is 3.16. The summed E-state index contributed by atoms with van der Waals surface area (Å²) in [5.74, 6) is 0. The lowest BCUT2D eigenvalue weighted by Crippen LogP contribution is -2.41. The maximum Gasteiger partial charge on any atom is 0.0452 e. The van der Waals surface area contributed by atoms with E-state index in [1.807, 2.05) is 0 Å². The van der Waals surface area contributed by atoms with E-state index >= 15 is 0 Å². The Morgan fingerprint density at radius 3 is 2.82 bits per heavy atom. The Morgan fingerprint density at radius 2 is 1.94 bits per heavy atom. The van der Waals surface area contributed by atoms with Gasteiger partial charge in [0.15, 0.2) is 0 Å². The van der Waals surface area contributed by atoms with Crippen LogP contribution in [-0.2, 0) is 6.42 Å². The van der Waals surface area contributed by atoms with E-state index in [0.29, 0.717) is 6.04 Å². The molecule has 17 heavy (non-hydrogen) atoms. The van der Waals surface area contributed by atoms with E-state index in [4.69, 9.17) is 0 Å². The van der Waals surface area contributed by atoms with Crippen molar-refractivity contribution in [1.29, 1.82) is 0 Å². The zero-order valence-corrected chi connectivity index (χ0v) is 10.5. The molecular formula is C15H22N2. The molecular weight excluding hydrogens is 208 g/mol. The molecule has 0 spiro atoms. The molecule has 1 aromatic rings. The van der Waals surface area contributed by atoms with Crippen LogP contribution in [0.4, 0.5) is 0 Å². The van der Waals surface area contributed by atoms with Gasteiger partial charge >= 0.3 is 0 Å².